The van der Waals surface area contributed by atoms with E-state index in [-0.39, 0.29) is 18.8 Å². The van der Waals surface area contributed by atoms with E-state index < -0.39 is 0 Å². The molecule has 1 fully saturated rings. The molecule has 2 heterocycles. The van der Waals surface area contributed by atoms with Crippen LogP contribution in [0.1, 0.15) is 18.4 Å². The zero-order chi connectivity index (χ0) is 13.2. The van der Waals surface area contributed by atoms with E-state index in [4.69, 9.17) is 9.47 Å². The first kappa shape index (κ1) is 12.3. The fourth-order valence-corrected chi connectivity index (χ4v) is 2.47. The number of benzene rings is 1. The van der Waals surface area contributed by atoms with Crippen molar-refractivity contribution in [1.29, 1.82) is 0 Å². The van der Waals surface area contributed by atoms with Crippen LogP contribution in [0.15, 0.2) is 18.2 Å². The molecule has 1 amide bonds. The minimum absolute atomic E-state index is 0.106. The number of fused-ring (bicyclic) bond motifs is 1. The molecule has 5 nitrogen and oxygen atoms in total. The Morgan fingerprint density at radius 3 is 3.00 bits per heavy atom. The summed E-state index contributed by atoms with van der Waals surface area (Å²) in [6.45, 7) is 1.41. The number of aryl methyl sites for hydroxylation is 1. The van der Waals surface area contributed by atoms with Gasteiger partial charge in [-0.05, 0) is 30.5 Å². The molecule has 0 saturated carbocycles. The van der Waals surface area contributed by atoms with E-state index in [0.29, 0.717) is 32.4 Å². The minimum Gasteiger partial charge on any atom is -0.454 e. The lowest BCUT2D eigenvalue weighted by molar-refractivity contribution is -0.130. The predicted octanol–water partition coefficient (Wildman–Crippen LogP) is 0.941. The molecular formula is C14H17NO4. The van der Waals surface area contributed by atoms with Gasteiger partial charge < -0.3 is 19.5 Å². The minimum atomic E-state index is -0.352. The fourth-order valence-electron chi connectivity index (χ4n) is 2.47. The maximum atomic E-state index is 12.0. The van der Waals surface area contributed by atoms with E-state index in [9.17, 15) is 9.90 Å². The quantitative estimate of drug-likeness (QED) is 0.881. The van der Waals surface area contributed by atoms with Crippen LogP contribution in [0.3, 0.4) is 0 Å². The van der Waals surface area contributed by atoms with Crippen LogP contribution in [-0.4, -0.2) is 41.9 Å². The number of carbonyl (C=O) groups is 1. The number of ether oxygens (including phenoxy) is 2. The summed E-state index contributed by atoms with van der Waals surface area (Å²) < 4.78 is 10.6. The summed E-state index contributed by atoms with van der Waals surface area (Å²) >= 11 is 0. The smallest absolute Gasteiger partial charge is 0.231 e. The van der Waals surface area contributed by atoms with Crippen molar-refractivity contribution in [2.45, 2.75) is 25.4 Å². The molecule has 0 radical (unpaired) electrons. The largest absolute Gasteiger partial charge is 0.454 e. The molecule has 0 unspecified atom stereocenters. The van der Waals surface area contributed by atoms with Gasteiger partial charge in [-0.1, -0.05) is 6.07 Å². The Bertz CT molecular complexity index is 488. The Balaban J connectivity index is 1.56. The fraction of sp³-hybridized carbons (Fsp3) is 0.500. The van der Waals surface area contributed by atoms with Gasteiger partial charge in [-0.25, -0.2) is 0 Å². The van der Waals surface area contributed by atoms with Crippen LogP contribution in [0.2, 0.25) is 0 Å². The Labute approximate surface area is 111 Å². The van der Waals surface area contributed by atoms with Gasteiger partial charge in [-0.15, -0.1) is 0 Å². The number of likely N-dealkylation sites (tertiary alicyclic amines) is 1. The molecule has 1 saturated heterocycles. The Morgan fingerprint density at radius 2 is 2.21 bits per heavy atom. The van der Waals surface area contributed by atoms with Crippen LogP contribution < -0.4 is 9.47 Å². The number of β-amino-alcohol motifs (C(OH)–C–C–N with tert-alkyl or cyclic N) is 1. The van der Waals surface area contributed by atoms with Crippen molar-refractivity contribution >= 4 is 5.91 Å². The van der Waals surface area contributed by atoms with Gasteiger partial charge in [0.05, 0.1) is 6.10 Å². The molecule has 0 spiro atoms. The van der Waals surface area contributed by atoms with Crippen molar-refractivity contribution in [3.8, 4) is 11.5 Å². The van der Waals surface area contributed by atoms with Crippen LogP contribution in [-0.2, 0) is 11.2 Å². The molecule has 19 heavy (non-hydrogen) atoms. The molecule has 0 aliphatic carbocycles. The van der Waals surface area contributed by atoms with Crippen LogP contribution >= 0.6 is 0 Å². The molecule has 0 bridgehead atoms. The molecular weight excluding hydrogens is 246 g/mol. The third-order valence-corrected chi connectivity index (χ3v) is 3.58. The van der Waals surface area contributed by atoms with E-state index in [1.165, 1.54) is 0 Å². The topological polar surface area (TPSA) is 59.0 Å². The SMILES string of the molecule is O=C(CCc1ccc2c(c1)OCO2)N1CC[C@@H](O)C1. The zero-order valence-electron chi connectivity index (χ0n) is 10.7. The highest BCUT2D eigenvalue weighted by molar-refractivity contribution is 5.76. The zero-order valence-corrected chi connectivity index (χ0v) is 10.7. The van der Waals surface area contributed by atoms with Crippen molar-refractivity contribution in [1.82, 2.24) is 4.90 Å². The molecule has 0 aromatic heterocycles. The first-order valence-electron chi connectivity index (χ1n) is 6.57. The first-order chi connectivity index (χ1) is 9.22. The van der Waals surface area contributed by atoms with Gasteiger partial charge in [0.2, 0.25) is 12.7 Å². The first-order valence-corrected chi connectivity index (χ1v) is 6.57. The van der Waals surface area contributed by atoms with E-state index in [1.54, 1.807) is 4.90 Å². The number of rotatable bonds is 3. The molecule has 2 aliphatic heterocycles. The average Bonchev–Trinajstić information content (AvgIpc) is 3.03. The summed E-state index contributed by atoms with van der Waals surface area (Å²) in [6.07, 6.45) is 1.49. The highest BCUT2D eigenvalue weighted by Gasteiger charge is 2.24. The number of amides is 1. The van der Waals surface area contributed by atoms with Gasteiger partial charge in [-0.3, -0.25) is 4.79 Å². The summed E-state index contributed by atoms with van der Waals surface area (Å²) in [6, 6.07) is 5.76. The Hall–Kier alpha value is -1.75. The number of hydrogen-bond acceptors (Lipinski definition) is 4. The molecule has 1 aromatic rings. The van der Waals surface area contributed by atoms with Crippen LogP contribution in [0.5, 0.6) is 11.5 Å². The van der Waals surface area contributed by atoms with Gasteiger partial charge in [0.1, 0.15) is 0 Å². The lowest BCUT2D eigenvalue weighted by Crippen LogP contribution is -2.29. The van der Waals surface area contributed by atoms with Gasteiger partial charge in [0.25, 0.3) is 0 Å². The van der Waals surface area contributed by atoms with Crippen molar-refractivity contribution in [2.24, 2.45) is 0 Å². The highest BCUT2D eigenvalue weighted by Crippen LogP contribution is 2.32. The Kier molecular flexibility index (Phi) is 3.29. The van der Waals surface area contributed by atoms with Gasteiger partial charge >= 0.3 is 0 Å². The van der Waals surface area contributed by atoms with Crippen LogP contribution in [0.25, 0.3) is 0 Å². The Morgan fingerprint density at radius 1 is 1.37 bits per heavy atom. The molecule has 102 valence electrons. The highest BCUT2D eigenvalue weighted by atomic mass is 16.7. The maximum Gasteiger partial charge on any atom is 0.231 e. The van der Waals surface area contributed by atoms with Crippen LogP contribution in [0.4, 0.5) is 0 Å². The van der Waals surface area contributed by atoms with E-state index in [1.807, 2.05) is 18.2 Å². The molecule has 1 N–H and O–H groups in total. The summed E-state index contributed by atoms with van der Waals surface area (Å²) in [4.78, 5) is 13.7. The van der Waals surface area contributed by atoms with E-state index in [2.05, 4.69) is 0 Å². The molecule has 5 heteroatoms. The van der Waals surface area contributed by atoms with Gasteiger partial charge in [0.15, 0.2) is 11.5 Å². The number of aliphatic hydroxyl groups excluding tert-OH is 1. The molecule has 1 atom stereocenters. The van der Waals surface area contributed by atoms with E-state index >= 15 is 0 Å². The van der Waals surface area contributed by atoms with Crippen molar-refractivity contribution < 1.29 is 19.4 Å². The standard InChI is InChI=1S/C14H17NO4/c16-11-5-6-15(8-11)14(17)4-2-10-1-3-12-13(7-10)19-9-18-12/h1,3,7,11,16H,2,4-6,8-9H2/t11-/m1/s1. The monoisotopic (exact) mass is 263 g/mol. The van der Waals surface area contributed by atoms with Crippen LogP contribution in [0, 0.1) is 0 Å². The van der Waals surface area contributed by atoms with Crippen molar-refractivity contribution in [3.05, 3.63) is 23.8 Å². The summed E-state index contributed by atoms with van der Waals surface area (Å²) in [7, 11) is 0. The molecule has 1 aromatic carbocycles. The predicted molar refractivity (Wildman–Crippen MR) is 68.1 cm³/mol. The summed E-state index contributed by atoms with van der Waals surface area (Å²) in [5.74, 6) is 1.62. The average molecular weight is 263 g/mol. The van der Waals surface area contributed by atoms with Crippen molar-refractivity contribution in [2.75, 3.05) is 19.9 Å². The number of nitrogens with zero attached hydrogens (tertiary/aromatic N) is 1. The number of hydrogen-bond donors (Lipinski definition) is 1. The normalized spacial score (nSPS) is 20.9. The second-order valence-electron chi connectivity index (χ2n) is 4.97. The second kappa shape index (κ2) is 5.09. The molecule has 2 aliphatic rings. The number of aliphatic hydroxyl groups is 1. The molecule has 3 rings (SSSR count). The third kappa shape index (κ3) is 2.66. The van der Waals surface area contributed by atoms with Gasteiger partial charge in [-0.2, -0.15) is 0 Å². The van der Waals surface area contributed by atoms with E-state index in [0.717, 1.165) is 17.1 Å². The number of carbonyl (C=O) groups excluding carboxylic acids is 1. The summed E-state index contributed by atoms with van der Waals surface area (Å²) in [5, 5.41) is 9.42. The second-order valence-corrected chi connectivity index (χ2v) is 4.97. The maximum absolute atomic E-state index is 12.0. The van der Waals surface area contributed by atoms with Gasteiger partial charge in [0, 0.05) is 19.5 Å². The third-order valence-electron chi connectivity index (χ3n) is 3.58. The van der Waals surface area contributed by atoms with Crippen molar-refractivity contribution in [3.63, 3.8) is 0 Å². The lowest BCUT2D eigenvalue weighted by Gasteiger charge is -2.15. The lowest BCUT2D eigenvalue weighted by atomic mass is 10.1. The summed E-state index contributed by atoms with van der Waals surface area (Å²) in [5.41, 5.74) is 1.07.